The van der Waals surface area contributed by atoms with Gasteiger partial charge in [-0.15, -0.1) is 24.0 Å². The van der Waals surface area contributed by atoms with Crippen LogP contribution in [0.2, 0.25) is 0 Å². The molecule has 0 spiro atoms. The lowest BCUT2D eigenvalue weighted by Crippen LogP contribution is -2.38. The molecule has 1 heterocycles. The maximum Gasteiger partial charge on any atom is 0.226 e. The first-order chi connectivity index (χ1) is 9.69. The molecule has 120 valence electrons. The smallest absolute Gasteiger partial charge is 0.226 e. The molecular formula is C14H26IN5O. The third-order valence-electron chi connectivity index (χ3n) is 3.34. The second kappa shape index (κ2) is 9.22. The fourth-order valence-electron chi connectivity index (χ4n) is 1.83. The molecule has 0 atom stereocenters. The predicted molar refractivity (Wildman–Crippen MR) is 94.2 cm³/mol. The lowest BCUT2D eigenvalue weighted by Gasteiger charge is -2.10. The summed E-state index contributed by atoms with van der Waals surface area (Å²) in [5.74, 6) is 3.55. The first kappa shape index (κ1) is 18.2. The molecule has 0 bridgehead atoms. The third kappa shape index (κ3) is 6.62. The van der Waals surface area contributed by atoms with E-state index in [0.29, 0.717) is 5.92 Å². The lowest BCUT2D eigenvalue weighted by molar-refractivity contribution is 0.368. The third-order valence-corrected chi connectivity index (χ3v) is 3.34. The zero-order chi connectivity index (χ0) is 14.4. The van der Waals surface area contributed by atoms with Gasteiger partial charge < -0.3 is 15.2 Å². The molecule has 7 heteroatoms. The van der Waals surface area contributed by atoms with E-state index < -0.39 is 0 Å². The summed E-state index contributed by atoms with van der Waals surface area (Å²) in [5.41, 5.74) is 0. The van der Waals surface area contributed by atoms with Gasteiger partial charge >= 0.3 is 0 Å². The van der Waals surface area contributed by atoms with Gasteiger partial charge in [0.15, 0.2) is 11.8 Å². The Morgan fingerprint density at radius 2 is 2.14 bits per heavy atom. The van der Waals surface area contributed by atoms with Crippen LogP contribution in [0.15, 0.2) is 9.52 Å². The Morgan fingerprint density at radius 3 is 2.71 bits per heavy atom. The van der Waals surface area contributed by atoms with Crippen LogP contribution in [-0.4, -0.2) is 36.2 Å². The minimum absolute atomic E-state index is 0. The predicted octanol–water partition coefficient (Wildman–Crippen LogP) is 2.32. The van der Waals surface area contributed by atoms with Crippen LogP contribution in [0, 0.1) is 5.92 Å². The van der Waals surface area contributed by atoms with Gasteiger partial charge in [0.05, 0.1) is 0 Å². The van der Waals surface area contributed by atoms with E-state index in [2.05, 4.69) is 39.6 Å². The average molecular weight is 407 g/mol. The van der Waals surface area contributed by atoms with Crippen LogP contribution in [-0.2, 0) is 6.42 Å². The van der Waals surface area contributed by atoms with Gasteiger partial charge in [-0.1, -0.05) is 19.0 Å². The highest BCUT2D eigenvalue weighted by Gasteiger charge is 2.20. The molecule has 0 saturated heterocycles. The first-order valence-corrected chi connectivity index (χ1v) is 7.46. The van der Waals surface area contributed by atoms with Gasteiger partial charge in [-0.05, 0) is 25.2 Å². The van der Waals surface area contributed by atoms with Crippen molar-refractivity contribution < 1.29 is 4.52 Å². The van der Waals surface area contributed by atoms with Crippen LogP contribution in [0.5, 0.6) is 0 Å². The number of nitrogens with zero attached hydrogens (tertiary/aromatic N) is 3. The first-order valence-electron chi connectivity index (χ1n) is 7.46. The van der Waals surface area contributed by atoms with E-state index in [9.17, 15) is 0 Å². The summed E-state index contributed by atoms with van der Waals surface area (Å²) < 4.78 is 5.21. The Morgan fingerprint density at radius 1 is 1.38 bits per heavy atom. The van der Waals surface area contributed by atoms with Crippen molar-refractivity contribution in [2.75, 3.05) is 20.1 Å². The second-order valence-electron chi connectivity index (χ2n) is 5.63. The molecule has 1 aromatic rings. The monoisotopic (exact) mass is 407 g/mol. The average Bonchev–Trinajstić information content (AvgIpc) is 3.14. The minimum Gasteiger partial charge on any atom is -0.356 e. The van der Waals surface area contributed by atoms with Gasteiger partial charge in [0.2, 0.25) is 5.89 Å². The van der Waals surface area contributed by atoms with E-state index in [1.165, 1.54) is 12.8 Å². The van der Waals surface area contributed by atoms with Gasteiger partial charge in [-0.3, -0.25) is 4.99 Å². The molecule has 0 aromatic carbocycles. The number of rotatable bonds is 7. The van der Waals surface area contributed by atoms with Crippen LogP contribution in [0.25, 0.3) is 0 Å². The molecule has 6 nitrogen and oxygen atoms in total. The fourth-order valence-corrected chi connectivity index (χ4v) is 1.83. The molecule has 1 aliphatic carbocycles. The van der Waals surface area contributed by atoms with E-state index >= 15 is 0 Å². The topological polar surface area (TPSA) is 75.3 Å². The molecule has 1 aromatic heterocycles. The molecule has 1 aliphatic rings. The number of halogens is 1. The quantitative estimate of drug-likeness (QED) is 0.314. The molecule has 21 heavy (non-hydrogen) atoms. The highest BCUT2D eigenvalue weighted by atomic mass is 127. The van der Waals surface area contributed by atoms with E-state index in [4.69, 9.17) is 4.52 Å². The van der Waals surface area contributed by atoms with Crippen LogP contribution in [0.4, 0.5) is 0 Å². The Labute approximate surface area is 143 Å². The molecule has 0 aliphatic heterocycles. The SMILES string of the molecule is CN=C(NCCCc1nc(C(C)C)no1)NCC1CC1.I. The van der Waals surface area contributed by atoms with Crippen molar-refractivity contribution in [1.82, 2.24) is 20.8 Å². The Balaban J connectivity index is 0.00000220. The molecule has 1 saturated carbocycles. The standard InChI is InChI=1S/C14H25N5O.HI/c1-10(2)13-18-12(20-19-13)5-4-8-16-14(15-3)17-9-11-6-7-11;/h10-11H,4-9H2,1-3H3,(H2,15,16,17);1H. The summed E-state index contributed by atoms with van der Waals surface area (Å²) in [4.78, 5) is 8.57. The Bertz CT molecular complexity index is 442. The number of aromatic nitrogens is 2. The van der Waals surface area contributed by atoms with Crippen LogP contribution >= 0.6 is 24.0 Å². The summed E-state index contributed by atoms with van der Waals surface area (Å²) >= 11 is 0. The molecule has 1 fully saturated rings. The summed E-state index contributed by atoms with van der Waals surface area (Å²) in [6.45, 7) is 6.00. The fraction of sp³-hybridized carbons (Fsp3) is 0.786. The van der Waals surface area contributed by atoms with Gasteiger partial charge in [-0.25, -0.2) is 0 Å². The number of aryl methyl sites for hydroxylation is 1. The largest absolute Gasteiger partial charge is 0.356 e. The molecule has 2 rings (SSSR count). The highest BCUT2D eigenvalue weighted by Crippen LogP contribution is 2.27. The van der Waals surface area contributed by atoms with Gasteiger partial charge in [0.25, 0.3) is 0 Å². The van der Waals surface area contributed by atoms with Gasteiger partial charge in [0.1, 0.15) is 0 Å². The molecule has 2 N–H and O–H groups in total. The van der Waals surface area contributed by atoms with E-state index in [-0.39, 0.29) is 24.0 Å². The van der Waals surface area contributed by atoms with Crippen molar-refractivity contribution in [3.63, 3.8) is 0 Å². The van der Waals surface area contributed by atoms with Crippen molar-refractivity contribution in [3.05, 3.63) is 11.7 Å². The maximum absolute atomic E-state index is 5.21. The molecule has 0 radical (unpaired) electrons. The minimum atomic E-state index is 0. The number of hydrogen-bond acceptors (Lipinski definition) is 4. The number of nitrogens with one attached hydrogen (secondary N) is 2. The van der Waals surface area contributed by atoms with E-state index in [0.717, 1.165) is 49.5 Å². The summed E-state index contributed by atoms with van der Waals surface area (Å²) in [6.07, 6.45) is 4.44. The zero-order valence-corrected chi connectivity index (χ0v) is 15.4. The van der Waals surface area contributed by atoms with Gasteiger partial charge in [0, 0.05) is 32.5 Å². The summed E-state index contributed by atoms with van der Waals surface area (Å²) in [6, 6.07) is 0. The van der Waals surface area contributed by atoms with Crippen LogP contribution in [0.1, 0.15) is 50.7 Å². The van der Waals surface area contributed by atoms with Gasteiger partial charge in [-0.2, -0.15) is 4.98 Å². The van der Waals surface area contributed by atoms with Crippen LogP contribution in [0.3, 0.4) is 0 Å². The van der Waals surface area contributed by atoms with E-state index in [1.54, 1.807) is 7.05 Å². The summed E-state index contributed by atoms with van der Waals surface area (Å²) in [7, 11) is 1.80. The highest BCUT2D eigenvalue weighted by molar-refractivity contribution is 14.0. The molecular weight excluding hydrogens is 381 g/mol. The van der Waals surface area contributed by atoms with Crippen molar-refractivity contribution in [2.45, 2.75) is 45.4 Å². The summed E-state index contributed by atoms with van der Waals surface area (Å²) in [5, 5.41) is 10.6. The van der Waals surface area contributed by atoms with E-state index in [1.807, 2.05) is 0 Å². The lowest BCUT2D eigenvalue weighted by atomic mass is 10.2. The normalized spacial score (nSPS) is 15.0. The Hall–Kier alpha value is -0.860. The number of guanidine groups is 1. The maximum atomic E-state index is 5.21. The van der Waals surface area contributed by atoms with Crippen molar-refractivity contribution in [1.29, 1.82) is 0 Å². The van der Waals surface area contributed by atoms with Crippen molar-refractivity contribution >= 4 is 29.9 Å². The number of aliphatic imine (C=N–C) groups is 1. The molecule has 0 amide bonds. The Kier molecular flexibility index (Phi) is 7.98. The van der Waals surface area contributed by atoms with Crippen molar-refractivity contribution in [2.24, 2.45) is 10.9 Å². The number of hydrogen-bond donors (Lipinski definition) is 2. The second-order valence-corrected chi connectivity index (χ2v) is 5.63. The zero-order valence-electron chi connectivity index (χ0n) is 13.1. The van der Waals surface area contributed by atoms with Crippen LogP contribution < -0.4 is 10.6 Å². The van der Waals surface area contributed by atoms with Crippen molar-refractivity contribution in [3.8, 4) is 0 Å². The molecule has 0 unspecified atom stereocenters.